The predicted octanol–water partition coefficient (Wildman–Crippen LogP) is 3.98. The van der Waals surface area contributed by atoms with Crippen molar-refractivity contribution in [3.63, 3.8) is 0 Å². The number of thiazole rings is 1. The smallest absolute Gasteiger partial charge is 0.269 e. The van der Waals surface area contributed by atoms with Crippen molar-refractivity contribution in [2.24, 2.45) is 5.92 Å². The van der Waals surface area contributed by atoms with Crippen molar-refractivity contribution in [1.29, 1.82) is 0 Å². The van der Waals surface area contributed by atoms with Gasteiger partial charge in [-0.2, -0.15) is 0 Å². The Morgan fingerprint density at radius 2 is 2.14 bits per heavy atom. The molecule has 8 nitrogen and oxygen atoms in total. The molecular formula is C20H22N4O4S. The number of nitrogens with zero attached hydrogens (tertiary/aromatic N) is 3. The van der Waals surface area contributed by atoms with Gasteiger partial charge in [0.1, 0.15) is 6.04 Å². The van der Waals surface area contributed by atoms with E-state index in [1.807, 2.05) is 0 Å². The fraction of sp³-hybridized carbons (Fsp3) is 0.450. The molecule has 1 atom stereocenters. The van der Waals surface area contributed by atoms with E-state index in [4.69, 9.17) is 0 Å². The van der Waals surface area contributed by atoms with Crippen LogP contribution in [0.5, 0.6) is 0 Å². The lowest BCUT2D eigenvalue weighted by Crippen LogP contribution is -2.45. The number of amides is 2. The highest BCUT2D eigenvalue weighted by Gasteiger charge is 2.38. The third-order valence-corrected chi connectivity index (χ3v) is 6.44. The van der Waals surface area contributed by atoms with Crippen LogP contribution >= 0.6 is 11.3 Å². The van der Waals surface area contributed by atoms with Gasteiger partial charge < -0.3 is 10.2 Å². The van der Waals surface area contributed by atoms with E-state index in [0.717, 1.165) is 25.7 Å². The molecule has 4 rings (SSSR count). The van der Waals surface area contributed by atoms with Gasteiger partial charge >= 0.3 is 0 Å². The van der Waals surface area contributed by atoms with E-state index in [-0.39, 0.29) is 24.0 Å². The number of non-ortho nitro benzene ring substituents is 1. The molecular weight excluding hydrogens is 392 g/mol. The second kappa shape index (κ2) is 8.28. The van der Waals surface area contributed by atoms with Crippen molar-refractivity contribution >= 4 is 34.0 Å². The topological polar surface area (TPSA) is 105 Å². The van der Waals surface area contributed by atoms with Crippen molar-refractivity contribution in [3.8, 4) is 0 Å². The third kappa shape index (κ3) is 4.14. The van der Waals surface area contributed by atoms with Crippen LogP contribution in [0.15, 0.2) is 29.8 Å². The minimum atomic E-state index is -0.624. The summed E-state index contributed by atoms with van der Waals surface area (Å²) < 4.78 is 0. The predicted molar refractivity (Wildman–Crippen MR) is 109 cm³/mol. The van der Waals surface area contributed by atoms with Gasteiger partial charge in [0.2, 0.25) is 5.91 Å². The van der Waals surface area contributed by atoms with Crippen LogP contribution in [0.3, 0.4) is 0 Å². The number of nitro benzene ring substituents is 1. The monoisotopic (exact) mass is 414 g/mol. The van der Waals surface area contributed by atoms with Gasteiger partial charge in [-0.1, -0.05) is 32.1 Å². The normalized spacial score (nSPS) is 17.8. The molecule has 1 N–H and O–H groups in total. The van der Waals surface area contributed by atoms with Crippen LogP contribution in [0.2, 0.25) is 0 Å². The number of anilines is 1. The molecule has 1 aromatic heterocycles. The van der Waals surface area contributed by atoms with Crippen molar-refractivity contribution in [3.05, 3.63) is 51.0 Å². The van der Waals surface area contributed by atoms with E-state index in [0.29, 0.717) is 28.6 Å². The van der Waals surface area contributed by atoms with Crippen molar-refractivity contribution < 1.29 is 14.5 Å². The van der Waals surface area contributed by atoms with Crippen LogP contribution in [-0.2, 0) is 11.3 Å². The third-order valence-electron chi connectivity index (χ3n) is 5.75. The van der Waals surface area contributed by atoms with E-state index >= 15 is 0 Å². The van der Waals surface area contributed by atoms with Crippen LogP contribution in [-0.4, -0.2) is 32.7 Å². The first kappa shape index (κ1) is 19.5. The van der Waals surface area contributed by atoms with E-state index in [1.54, 1.807) is 16.5 Å². The summed E-state index contributed by atoms with van der Waals surface area (Å²) in [6.45, 7) is 0.207. The van der Waals surface area contributed by atoms with Crippen LogP contribution in [0, 0.1) is 16.0 Å². The number of fused-ring (bicyclic) bond motifs is 1. The second-order valence-electron chi connectivity index (χ2n) is 7.61. The van der Waals surface area contributed by atoms with Crippen LogP contribution in [0.25, 0.3) is 0 Å². The average Bonchev–Trinajstić information content (AvgIpc) is 3.34. The quantitative estimate of drug-likeness (QED) is 0.568. The first-order valence-electron chi connectivity index (χ1n) is 9.81. The van der Waals surface area contributed by atoms with Gasteiger partial charge in [0, 0.05) is 35.8 Å². The lowest BCUT2D eigenvalue weighted by atomic mass is 9.84. The van der Waals surface area contributed by atoms with Gasteiger partial charge in [-0.3, -0.25) is 19.7 Å². The molecule has 9 heteroatoms. The van der Waals surface area contributed by atoms with E-state index in [2.05, 4.69) is 10.3 Å². The number of aromatic nitrogens is 1. The molecule has 0 bridgehead atoms. The standard InChI is InChI=1S/C20H22N4O4S/c25-18(22-20-21-8-9-29-20)17(10-13-4-2-1-3-5-13)23-12-14-11-15(24(27)28)6-7-16(14)19(23)26/h6-9,11,13,17H,1-5,10,12H2,(H,21,22,25)/t17-/m0/s1. The first-order chi connectivity index (χ1) is 14.0. The molecule has 2 aliphatic rings. The van der Waals surface area contributed by atoms with Crippen molar-refractivity contribution in [2.45, 2.75) is 51.1 Å². The minimum Gasteiger partial charge on any atom is -0.322 e. The molecule has 29 heavy (non-hydrogen) atoms. The van der Waals surface area contributed by atoms with Crippen LogP contribution in [0.1, 0.15) is 54.4 Å². The first-order valence-corrected chi connectivity index (χ1v) is 10.7. The number of nitro groups is 1. The molecule has 0 unspecified atom stereocenters. The minimum absolute atomic E-state index is 0.0468. The molecule has 1 fully saturated rings. The molecule has 152 valence electrons. The highest BCUT2D eigenvalue weighted by Crippen LogP contribution is 2.33. The van der Waals surface area contributed by atoms with Crippen molar-refractivity contribution in [2.75, 3.05) is 5.32 Å². The molecule has 0 spiro atoms. The summed E-state index contributed by atoms with van der Waals surface area (Å²) in [7, 11) is 0. The summed E-state index contributed by atoms with van der Waals surface area (Å²) >= 11 is 1.33. The Kier molecular flexibility index (Phi) is 5.57. The molecule has 2 aromatic rings. The maximum atomic E-state index is 13.1. The summed E-state index contributed by atoms with van der Waals surface area (Å²) in [5.74, 6) is -0.104. The Labute approximate surface area is 172 Å². The number of carbonyl (C=O) groups is 2. The largest absolute Gasteiger partial charge is 0.322 e. The summed E-state index contributed by atoms with van der Waals surface area (Å²) in [4.78, 5) is 42.4. The SMILES string of the molecule is O=C(Nc1nccs1)[C@H](CC1CCCCC1)N1Cc2cc([N+](=O)[O-])ccc2C1=O. The summed E-state index contributed by atoms with van der Waals surface area (Å²) in [6.07, 6.45) is 7.83. The Hall–Kier alpha value is -2.81. The highest BCUT2D eigenvalue weighted by atomic mass is 32.1. The van der Waals surface area contributed by atoms with Gasteiger partial charge in [-0.25, -0.2) is 4.98 Å². The molecule has 0 radical (unpaired) electrons. The number of benzene rings is 1. The van der Waals surface area contributed by atoms with Gasteiger partial charge in [-0.05, 0) is 24.0 Å². The Morgan fingerprint density at radius 3 is 2.83 bits per heavy atom. The zero-order chi connectivity index (χ0) is 20.4. The molecule has 2 amide bonds. The average molecular weight is 414 g/mol. The maximum absolute atomic E-state index is 13.1. The van der Waals surface area contributed by atoms with Crippen LogP contribution in [0.4, 0.5) is 10.8 Å². The molecule has 2 heterocycles. The molecule has 1 saturated carbocycles. The van der Waals surface area contributed by atoms with E-state index in [1.165, 1.54) is 36.0 Å². The van der Waals surface area contributed by atoms with E-state index < -0.39 is 11.0 Å². The maximum Gasteiger partial charge on any atom is 0.269 e. The molecule has 1 aliphatic heterocycles. The Bertz CT molecular complexity index is 925. The summed E-state index contributed by atoms with van der Waals surface area (Å²) in [5, 5.41) is 16.2. The van der Waals surface area contributed by atoms with Gasteiger partial charge in [-0.15, -0.1) is 11.3 Å². The number of nitrogens with one attached hydrogen (secondary N) is 1. The molecule has 1 aromatic carbocycles. The van der Waals surface area contributed by atoms with Gasteiger partial charge in [0.25, 0.3) is 11.6 Å². The van der Waals surface area contributed by atoms with Gasteiger partial charge in [0.15, 0.2) is 5.13 Å². The Balaban J connectivity index is 1.58. The molecule has 1 aliphatic carbocycles. The summed E-state index contributed by atoms with van der Waals surface area (Å²) in [6, 6.07) is 3.64. The number of hydrogen-bond acceptors (Lipinski definition) is 6. The van der Waals surface area contributed by atoms with E-state index in [9.17, 15) is 19.7 Å². The molecule has 0 saturated heterocycles. The highest BCUT2D eigenvalue weighted by molar-refractivity contribution is 7.13. The number of hydrogen-bond donors (Lipinski definition) is 1. The lowest BCUT2D eigenvalue weighted by Gasteiger charge is -2.31. The van der Waals surface area contributed by atoms with Crippen LogP contribution < -0.4 is 5.32 Å². The van der Waals surface area contributed by atoms with Gasteiger partial charge in [0.05, 0.1) is 4.92 Å². The Morgan fingerprint density at radius 1 is 1.34 bits per heavy atom. The second-order valence-corrected chi connectivity index (χ2v) is 8.51. The fourth-order valence-electron chi connectivity index (χ4n) is 4.28. The zero-order valence-corrected chi connectivity index (χ0v) is 16.7. The number of carbonyl (C=O) groups excluding carboxylic acids is 2. The van der Waals surface area contributed by atoms with Crippen molar-refractivity contribution in [1.82, 2.24) is 9.88 Å². The fourth-order valence-corrected chi connectivity index (χ4v) is 4.82. The number of rotatable bonds is 6. The lowest BCUT2D eigenvalue weighted by molar-refractivity contribution is -0.384. The summed E-state index contributed by atoms with van der Waals surface area (Å²) in [5.41, 5.74) is 0.987. The zero-order valence-electron chi connectivity index (χ0n) is 15.9.